The molecule has 13 nitrogen and oxygen atoms in total. The third-order valence-electron chi connectivity index (χ3n) is 8.05. The molecule has 0 amide bonds. The standard InChI is InChI=1S/C34H48O13/c1-20(35)41-18-27-16-32(44-23(4)38)34(45-24(5)39)30(46-27)11-7-9-26-14-12-25(13-15-26)8-6-10-29-28(40)17-31(43-22(3)37)33(47-29)19-42-21(2)36/h12-15,27-34,40H,6-11,16-19H2,1-5H3. The summed E-state index contributed by atoms with van der Waals surface area (Å²) in [4.78, 5) is 57.8. The summed E-state index contributed by atoms with van der Waals surface area (Å²) in [5.41, 5.74) is 2.23. The van der Waals surface area contributed by atoms with Gasteiger partial charge in [0.15, 0.2) is 6.10 Å². The zero-order chi connectivity index (χ0) is 34.5. The lowest BCUT2D eigenvalue weighted by Crippen LogP contribution is -2.52. The van der Waals surface area contributed by atoms with Crippen LogP contribution in [0.4, 0.5) is 0 Å². The highest BCUT2D eigenvalue weighted by Gasteiger charge is 2.43. The van der Waals surface area contributed by atoms with Gasteiger partial charge < -0.3 is 38.3 Å². The Balaban J connectivity index is 1.51. The maximum Gasteiger partial charge on any atom is 0.303 e. The summed E-state index contributed by atoms with van der Waals surface area (Å²) in [6, 6.07) is 8.21. The van der Waals surface area contributed by atoms with Crippen LogP contribution in [0, 0.1) is 0 Å². The van der Waals surface area contributed by atoms with Crippen molar-refractivity contribution in [2.24, 2.45) is 0 Å². The van der Waals surface area contributed by atoms with Gasteiger partial charge in [0.2, 0.25) is 0 Å². The number of carbonyl (C=O) groups excluding carboxylic acids is 5. The largest absolute Gasteiger partial charge is 0.463 e. The maximum absolute atomic E-state index is 11.9. The number of carbonyl (C=O) groups is 5. The number of esters is 5. The molecule has 2 saturated heterocycles. The van der Waals surface area contributed by atoms with Crippen molar-refractivity contribution in [2.45, 2.75) is 135 Å². The predicted octanol–water partition coefficient (Wildman–Crippen LogP) is 2.93. The summed E-state index contributed by atoms with van der Waals surface area (Å²) in [7, 11) is 0. The number of benzene rings is 1. The van der Waals surface area contributed by atoms with Crippen LogP contribution >= 0.6 is 0 Å². The quantitative estimate of drug-likeness (QED) is 0.215. The zero-order valence-corrected chi connectivity index (χ0v) is 27.8. The third kappa shape index (κ3) is 13.2. The highest BCUT2D eigenvalue weighted by atomic mass is 16.6. The summed E-state index contributed by atoms with van der Waals surface area (Å²) < 4.78 is 38.7. The van der Waals surface area contributed by atoms with E-state index < -0.39 is 78.7 Å². The van der Waals surface area contributed by atoms with E-state index in [-0.39, 0.29) is 26.1 Å². The molecule has 47 heavy (non-hydrogen) atoms. The van der Waals surface area contributed by atoms with Gasteiger partial charge in [0.1, 0.15) is 31.5 Å². The Hall–Kier alpha value is -3.55. The molecular weight excluding hydrogens is 616 g/mol. The number of aryl methyl sites for hydroxylation is 2. The molecule has 0 aromatic heterocycles. The first kappa shape index (κ1) is 37.9. The molecule has 8 atom stereocenters. The van der Waals surface area contributed by atoms with Crippen molar-refractivity contribution in [1.29, 1.82) is 0 Å². The van der Waals surface area contributed by atoms with E-state index in [0.29, 0.717) is 19.3 Å². The lowest BCUT2D eigenvalue weighted by Gasteiger charge is -2.40. The Bertz CT molecular complexity index is 1200. The molecule has 2 fully saturated rings. The first-order valence-electron chi connectivity index (χ1n) is 16.2. The van der Waals surface area contributed by atoms with E-state index in [1.165, 1.54) is 34.6 Å². The fourth-order valence-corrected chi connectivity index (χ4v) is 6.01. The molecular formula is C34H48O13. The van der Waals surface area contributed by atoms with Gasteiger partial charge in [0.25, 0.3) is 0 Å². The average molecular weight is 665 g/mol. The number of ether oxygens (including phenoxy) is 7. The molecule has 0 aliphatic carbocycles. The van der Waals surface area contributed by atoms with E-state index in [4.69, 9.17) is 33.2 Å². The fourth-order valence-electron chi connectivity index (χ4n) is 6.01. The first-order chi connectivity index (χ1) is 22.3. The summed E-state index contributed by atoms with van der Waals surface area (Å²) >= 11 is 0. The van der Waals surface area contributed by atoms with Crippen molar-refractivity contribution < 1.29 is 62.2 Å². The van der Waals surface area contributed by atoms with Crippen molar-refractivity contribution in [2.75, 3.05) is 13.2 Å². The molecule has 2 heterocycles. The molecule has 0 spiro atoms. The highest BCUT2D eigenvalue weighted by molar-refractivity contribution is 5.68. The van der Waals surface area contributed by atoms with Crippen LogP contribution in [0.15, 0.2) is 24.3 Å². The van der Waals surface area contributed by atoms with Gasteiger partial charge in [-0.2, -0.15) is 0 Å². The average Bonchev–Trinajstić information content (AvgIpc) is 2.98. The minimum Gasteiger partial charge on any atom is -0.463 e. The SMILES string of the molecule is CC(=O)OCC1CC(OC(C)=O)C(OC(C)=O)C(CCCc2ccc(CCCC3OC(COC(C)=O)C(OC(C)=O)CC3O)cc2)O1. The van der Waals surface area contributed by atoms with Crippen LogP contribution in [-0.4, -0.2) is 97.0 Å². The topological polar surface area (TPSA) is 170 Å². The molecule has 1 N–H and O–H groups in total. The van der Waals surface area contributed by atoms with Gasteiger partial charge in [-0.15, -0.1) is 0 Å². The minimum absolute atomic E-state index is 0.00729. The van der Waals surface area contributed by atoms with E-state index in [1.54, 1.807) is 0 Å². The molecule has 2 aliphatic rings. The second kappa shape index (κ2) is 18.7. The summed E-state index contributed by atoms with van der Waals surface area (Å²) in [6.07, 6.45) is -0.708. The monoisotopic (exact) mass is 664 g/mol. The fraction of sp³-hybridized carbons (Fsp3) is 0.676. The number of hydrogen-bond donors (Lipinski definition) is 1. The van der Waals surface area contributed by atoms with Crippen molar-refractivity contribution in [3.05, 3.63) is 35.4 Å². The summed E-state index contributed by atoms with van der Waals surface area (Å²) in [5, 5.41) is 10.6. The molecule has 3 rings (SSSR count). The van der Waals surface area contributed by atoms with Crippen LogP contribution in [0.1, 0.15) is 84.3 Å². The first-order valence-corrected chi connectivity index (χ1v) is 16.2. The lowest BCUT2D eigenvalue weighted by atomic mass is 9.93. The normalized spacial score (nSPS) is 27.3. The molecule has 8 unspecified atom stereocenters. The Morgan fingerprint density at radius 3 is 1.68 bits per heavy atom. The minimum atomic E-state index is -0.815. The number of rotatable bonds is 15. The van der Waals surface area contributed by atoms with Crippen LogP contribution in [0.2, 0.25) is 0 Å². The van der Waals surface area contributed by atoms with Crippen LogP contribution in [-0.2, 0) is 70.0 Å². The summed E-state index contributed by atoms with van der Waals surface area (Å²) in [6.45, 7) is 6.41. The molecule has 262 valence electrons. The Labute approximate surface area is 275 Å². The van der Waals surface area contributed by atoms with Crippen molar-refractivity contribution in [3.8, 4) is 0 Å². The van der Waals surface area contributed by atoms with Crippen LogP contribution in [0.3, 0.4) is 0 Å². The maximum atomic E-state index is 11.9. The number of aliphatic hydroxyl groups is 1. The molecule has 1 aromatic rings. The highest BCUT2D eigenvalue weighted by Crippen LogP contribution is 2.30. The third-order valence-corrected chi connectivity index (χ3v) is 8.05. The Morgan fingerprint density at radius 2 is 1.15 bits per heavy atom. The lowest BCUT2D eigenvalue weighted by molar-refractivity contribution is -0.213. The predicted molar refractivity (Wildman–Crippen MR) is 165 cm³/mol. The second-order valence-corrected chi connectivity index (χ2v) is 12.1. The van der Waals surface area contributed by atoms with Gasteiger partial charge in [0.05, 0.1) is 24.4 Å². The smallest absolute Gasteiger partial charge is 0.303 e. The molecule has 1 aromatic carbocycles. The Morgan fingerprint density at radius 1 is 0.638 bits per heavy atom. The van der Waals surface area contributed by atoms with E-state index in [9.17, 15) is 29.1 Å². The molecule has 0 radical (unpaired) electrons. The van der Waals surface area contributed by atoms with Crippen LogP contribution in [0.5, 0.6) is 0 Å². The van der Waals surface area contributed by atoms with Gasteiger partial charge in [0, 0.05) is 47.5 Å². The van der Waals surface area contributed by atoms with Crippen molar-refractivity contribution in [3.63, 3.8) is 0 Å². The van der Waals surface area contributed by atoms with Gasteiger partial charge in [-0.3, -0.25) is 24.0 Å². The number of aliphatic hydroxyl groups excluding tert-OH is 1. The summed E-state index contributed by atoms with van der Waals surface area (Å²) in [5.74, 6) is -2.41. The van der Waals surface area contributed by atoms with Crippen LogP contribution < -0.4 is 0 Å². The Kier molecular flexibility index (Phi) is 15.1. The van der Waals surface area contributed by atoms with E-state index in [1.807, 2.05) is 0 Å². The van der Waals surface area contributed by atoms with Gasteiger partial charge in [-0.25, -0.2) is 0 Å². The van der Waals surface area contributed by atoms with E-state index in [0.717, 1.165) is 30.4 Å². The molecule has 0 saturated carbocycles. The van der Waals surface area contributed by atoms with Crippen molar-refractivity contribution in [1.82, 2.24) is 0 Å². The molecule has 2 aliphatic heterocycles. The molecule has 0 bridgehead atoms. The van der Waals surface area contributed by atoms with E-state index in [2.05, 4.69) is 24.3 Å². The van der Waals surface area contributed by atoms with Gasteiger partial charge in [-0.1, -0.05) is 24.3 Å². The number of hydrogen-bond acceptors (Lipinski definition) is 13. The van der Waals surface area contributed by atoms with Gasteiger partial charge in [-0.05, 0) is 49.7 Å². The van der Waals surface area contributed by atoms with Crippen molar-refractivity contribution >= 4 is 29.8 Å². The van der Waals surface area contributed by atoms with Crippen LogP contribution in [0.25, 0.3) is 0 Å². The van der Waals surface area contributed by atoms with Gasteiger partial charge >= 0.3 is 29.8 Å². The second-order valence-electron chi connectivity index (χ2n) is 12.1. The molecule has 13 heteroatoms. The van der Waals surface area contributed by atoms with E-state index >= 15 is 0 Å². The zero-order valence-electron chi connectivity index (χ0n) is 27.8.